The summed E-state index contributed by atoms with van der Waals surface area (Å²) in [5, 5.41) is 0. The van der Waals surface area contributed by atoms with Gasteiger partial charge in [-0.15, -0.1) is 0 Å². The zero-order chi connectivity index (χ0) is 10.1. The van der Waals surface area contributed by atoms with Crippen molar-refractivity contribution in [1.82, 2.24) is 0 Å². The normalized spacial score (nSPS) is 12.8. The van der Waals surface area contributed by atoms with Crippen LogP contribution in [-0.2, 0) is 14.3 Å². The highest BCUT2D eigenvalue weighted by Crippen LogP contribution is 2.05. The first-order valence-electron chi connectivity index (χ1n) is 4.81. The SMILES string of the molecule is CCC(=O)C(C)CCOCCOC. The molecule has 3 heteroatoms. The molecule has 0 fully saturated rings. The summed E-state index contributed by atoms with van der Waals surface area (Å²) in [6.45, 7) is 5.73. The van der Waals surface area contributed by atoms with Crippen molar-refractivity contribution in [2.24, 2.45) is 5.92 Å². The van der Waals surface area contributed by atoms with E-state index in [4.69, 9.17) is 9.47 Å². The van der Waals surface area contributed by atoms with Crippen LogP contribution >= 0.6 is 0 Å². The predicted octanol–water partition coefficient (Wildman–Crippen LogP) is 1.65. The van der Waals surface area contributed by atoms with E-state index in [1.165, 1.54) is 0 Å². The van der Waals surface area contributed by atoms with Crippen molar-refractivity contribution >= 4 is 5.78 Å². The van der Waals surface area contributed by atoms with E-state index < -0.39 is 0 Å². The van der Waals surface area contributed by atoms with E-state index in [-0.39, 0.29) is 5.92 Å². The summed E-state index contributed by atoms with van der Waals surface area (Å²) in [4.78, 5) is 11.2. The maximum atomic E-state index is 11.2. The predicted molar refractivity (Wildman–Crippen MR) is 51.8 cm³/mol. The smallest absolute Gasteiger partial charge is 0.135 e. The van der Waals surface area contributed by atoms with Crippen LogP contribution in [-0.4, -0.2) is 32.7 Å². The van der Waals surface area contributed by atoms with Crippen molar-refractivity contribution < 1.29 is 14.3 Å². The molecule has 1 atom stereocenters. The van der Waals surface area contributed by atoms with Gasteiger partial charge in [-0.05, 0) is 6.42 Å². The number of Topliss-reactive ketones (excluding diaryl/α,β-unsaturated/α-hetero) is 1. The van der Waals surface area contributed by atoms with Gasteiger partial charge in [-0.25, -0.2) is 0 Å². The van der Waals surface area contributed by atoms with Crippen molar-refractivity contribution in [1.29, 1.82) is 0 Å². The van der Waals surface area contributed by atoms with E-state index >= 15 is 0 Å². The summed E-state index contributed by atoms with van der Waals surface area (Å²) in [6.07, 6.45) is 1.44. The molecule has 13 heavy (non-hydrogen) atoms. The first kappa shape index (κ1) is 12.6. The fourth-order valence-corrected chi connectivity index (χ4v) is 1.01. The first-order chi connectivity index (χ1) is 6.22. The Morgan fingerprint density at radius 1 is 1.31 bits per heavy atom. The zero-order valence-electron chi connectivity index (χ0n) is 8.84. The molecule has 0 aromatic rings. The van der Waals surface area contributed by atoms with Crippen molar-refractivity contribution in [3.05, 3.63) is 0 Å². The highest BCUT2D eigenvalue weighted by atomic mass is 16.5. The number of carbonyl (C=O) groups excluding carboxylic acids is 1. The lowest BCUT2D eigenvalue weighted by Gasteiger charge is -2.08. The minimum atomic E-state index is 0.132. The van der Waals surface area contributed by atoms with Crippen molar-refractivity contribution in [3.8, 4) is 0 Å². The van der Waals surface area contributed by atoms with Gasteiger partial charge in [0.2, 0.25) is 0 Å². The van der Waals surface area contributed by atoms with Gasteiger partial charge in [0.05, 0.1) is 13.2 Å². The Morgan fingerprint density at radius 3 is 2.54 bits per heavy atom. The summed E-state index contributed by atoms with van der Waals surface area (Å²) in [7, 11) is 1.65. The van der Waals surface area contributed by atoms with Gasteiger partial charge in [-0.3, -0.25) is 4.79 Å². The molecule has 0 aliphatic heterocycles. The van der Waals surface area contributed by atoms with E-state index in [0.717, 1.165) is 6.42 Å². The lowest BCUT2D eigenvalue weighted by atomic mass is 10.0. The van der Waals surface area contributed by atoms with Crippen LogP contribution in [0.15, 0.2) is 0 Å². The summed E-state index contributed by atoms with van der Waals surface area (Å²) in [5.41, 5.74) is 0. The highest BCUT2D eigenvalue weighted by molar-refractivity contribution is 5.80. The standard InChI is InChI=1S/C10H20O3/c1-4-10(11)9(2)5-6-13-8-7-12-3/h9H,4-8H2,1-3H3. The van der Waals surface area contributed by atoms with Gasteiger partial charge >= 0.3 is 0 Å². The third-order valence-corrected chi connectivity index (χ3v) is 2.03. The summed E-state index contributed by atoms with van der Waals surface area (Å²) >= 11 is 0. The van der Waals surface area contributed by atoms with Crippen LogP contribution in [0, 0.1) is 5.92 Å². The second-order valence-corrected chi connectivity index (χ2v) is 3.11. The van der Waals surface area contributed by atoms with Crippen LogP contribution in [0.3, 0.4) is 0 Å². The minimum Gasteiger partial charge on any atom is -0.382 e. The molecule has 3 nitrogen and oxygen atoms in total. The molecule has 0 aliphatic carbocycles. The fraction of sp³-hybridized carbons (Fsp3) is 0.900. The van der Waals surface area contributed by atoms with E-state index in [1.807, 2.05) is 13.8 Å². The Labute approximate surface area is 80.4 Å². The Balaban J connectivity index is 3.26. The molecule has 0 rings (SSSR count). The lowest BCUT2D eigenvalue weighted by molar-refractivity contribution is -0.122. The third-order valence-electron chi connectivity index (χ3n) is 2.03. The molecule has 0 spiro atoms. The van der Waals surface area contributed by atoms with E-state index in [9.17, 15) is 4.79 Å². The second-order valence-electron chi connectivity index (χ2n) is 3.11. The monoisotopic (exact) mass is 188 g/mol. The zero-order valence-corrected chi connectivity index (χ0v) is 8.84. The van der Waals surface area contributed by atoms with Gasteiger partial charge in [0.1, 0.15) is 5.78 Å². The summed E-state index contributed by atoms with van der Waals surface area (Å²) in [5.74, 6) is 0.447. The van der Waals surface area contributed by atoms with E-state index in [0.29, 0.717) is 32.0 Å². The minimum absolute atomic E-state index is 0.132. The Hall–Kier alpha value is -0.410. The van der Waals surface area contributed by atoms with Crippen molar-refractivity contribution in [3.63, 3.8) is 0 Å². The van der Waals surface area contributed by atoms with Crippen LogP contribution in [0.25, 0.3) is 0 Å². The van der Waals surface area contributed by atoms with Crippen molar-refractivity contribution in [2.75, 3.05) is 26.9 Å². The van der Waals surface area contributed by atoms with E-state index in [2.05, 4.69) is 0 Å². The van der Waals surface area contributed by atoms with Gasteiger partial charge < -0.3 is 9.47 Å². The molecule has 0 aliphatic rings. The molecule has 0 N–H and O–H groups in total. The molecule has 0 saturated carbocycles. The molecule has 0 bridgehead atoms. The molecule has 0 amide bonds. The number of ether oxygens (including phenoxy) is 2. The van der Waals surface area contributed by atoms with Gasteiger partial charge in [0.25, 0.3) is 0 Å². The summed E-state index contributed by atoms with van der Waals surface area (Å²) < 4.78 is 10.1. The highest BCUT2D eigenvalue weighted by Gasteiger charge is 2.09. The van der Waals surface area contributed by atoms with Crippen LogP contribution in [0.2, 0.25) is 0 Å². The molecule has 0 saturated heterocycles. The Kier molecular flexibility index (Phi) is 7.94. The average Bonchev–Trinajstić information content (AvgIpc) is 2.16. The van der Waals surface area contributed by atoms with E-state index in [1.54, 1.807) is 7.11 Å². The van der Waals surface area contributed by atoms with Crippen LogP contribution in [0.5, 0.6) is 0 Å². The number of hydrogen-bond donors (Lipinski definition) is 0. The molecule has 0 aromatic carbocycles. The molecular weight excluding hydrogens is 168 g/mol. The Morgan fingerprint density at radius 2 is 2.00 bits per heavy atom. The molecule has 0 aromatic heterocycles. The molecular formula is C10H20O3. The van der Waals surface area contributed by atoms with Gasteiger partial charge in [-0.2, -0.15) is 0 Å². The van der Waals surface area contributed by atoms with Crippen molar-refractivity contribution in [2.45, 2.75) is 26.7 Å². The van der Waals surface area contributed by atoms with Gasteiger partial charge in [-0.1, -0.05) is 13.8 Å². The maximum Gasteiger partial charge on any atom is 0.135 e. The number of hydrogen-bond acceptors (Lipinski definition) is 3. The maximum absolute atomic E-state index is 11.2. The summed E-state index contributed by atoms with van der Waals surface area (Å²) in [6, 6.07) is 0. The fourth-order valence-electron chi connectivity index (χ4n) is 1.01. The number of ketones is 1. The largest absolute Gasteiger partial charge is 0.382 e. The molecule has 78 valence electrons. The van der Waals surface area contributed by atoms with Crippen LogP contribution in [0.4, 0.5) is 0 Å². The Bertz CT molecular complexity index is 134. The van der Waals surface area contributed by atoms with Crippen LogP contribution < -0.4 is 0 Å². The van der Waals surface area contributed by atoms with Gasteiger partial charge in [0.15, 0.2) is 0 Å². The second kappa shape index (κ2) is 8.20. The van der Waals surface area contributed by atoms with Gasteiger partial charge in [0, 0.05) is 26.1 Å². The third kappa shape index (κ3) is 6.72. The number of carbonyl (C=O) groups is 1. The molecule has 1 unspecified atom stereocenters. The lowest BCUT2D eigenvalue weighted by Crippen LogP contribution is -2.13. The molecule has 0 radical (unpaired) electrons. The first-order valence-corrected chi connectivity index (χ1v) is 4.81. The number of rotatable bonds is 8. The average molecular weight is 188 g/mol. The number of methoxy groups -OCH3 is 1. The topological polar surface area (TPSA) is 35.5 Å². The molecule has 0 heterocycles. The quantitative estimate of drug-likeness (QED) is 0.543. The van der Waals surface area contributed by atoms with Crippen LogP contribution in [0.1, 0.15) is 26.7 Å².